The average Bonchev–Trinajstić information content (AvgIpc) is 2.38. The number of aryl methyl sites for hydroxylation is 1. The Balaban J connectivity index is 2.27. The lowest BCUT2D eigenvalue weighted by Gasteiger charge is -2.28. The minimum Gasteiger partial charge on any atom is -0.511 e. The van der Waals surface area contributed by atoms with Crippen molar-refractivity contribution in [3.8, 4) is 0 Å². The van der Waals surface area contributed by atoms with Crippen LogP contribution in [-0.2, 0) is 11.2 Å². The van der Waals surface area contributed by atoms with Crippen LogP contribution in [0.5, 0.6) is 0 Å². The Morgan fingerprint density at radius 3 is 2.71 bits per heavy atom. The van der Waals surface area contributed by atoms with E-state index in [1.165, 1.54) is 12.3 Å². The average molecular weight is 289 g/mol. The molecule has 1 aromatic rings. The molecule has 2 rings (SSSR count). The van der Waals surface area contributed by atoms with Crippen molar-refractivity contribution < 1.29 is 14.3 Å². The lowest BCUT2D eigenvalue weighted by molar-refractivity contribution is -0.117. The second-order valence-electron chi connectivity index (χ2n) is 6.19. The third kappa shape index (κ3) is 3.57. The zero-order valence-electron chi connectivity index (χ0n) is 12.6. The first-order chi connectivity index (χ1) is 9.82. The molecule has 0 heterocycles. The summed E-state index contributed by atoms with van der Waals surface area (Å²) in [6.07, 6.45) is 2.82. The highest BCUT2D eigenvalue weighted by Crippen LogP contribution is 2.35. The molecule has 1 N–H and O–H groups in total. The molecule has 0 saturated heterocycles. The van der Waals surface area contributed by atoms with Crippen molar-refractivity contribution in [2.75, 3.05) is 0 Å². The molecule has 4 heteroatoms. The maximum atomic E-state index is 13.4. The highest BCUT2D eigenvalue weighted by atomic mass is 19.1. The molecular weight excluding hydrogens is 269 g/mol. The number of aliphatic hydroxyl groups excluding tert-OH is 1. The summed E-state index contributed by atoms with van der Waals surface area (Å²) in [5.74, 6) is -0.280. The van der Waals surface area contributed by atoms with Gasteiger partial charge >= 0.3 is 0 Å². The molecule has 1 aromatic carbocycles. The maximum absolute atomic E-state index is 13.4. The van der Waals surface area contributed by atoms with Crippen molar-refractivity contribution in [1.29, 1.82) is 0 Å². The van der Waals surface area contributed by atoms with Gasteiger partial charge in [0.05, 0.1) is 11.3 Å². The summed E-state index contributed by atoms with van der Waals surface area (Å²) in [4.78, 5) is 16.2. The van der Waals surface area contributed by atoms with Gasteiger partial charge in [-0.15, -0.1) is 0 Å². The van der Waals surface area contributed by atoms with Gasteiger partial charge in [-0.1, -0.05) is 20.8 Å². The van der Waals surface area contributed by atoms with Crippen LogP contribution in [0.4, 0.5) is 10.1 Å². The molecule has 0 bridgehead atoms. The Morgan fingerprint density at radius 1 is 1.38 bits per heavy atom. The summed E-state index contributed by atoms with van der Waals surface area (Å²) in [6.45, 7) is 5.76. The van der Waals surface area contributed by atoms with Crippen LogP contribution >= 0.6 is 0 Å². The monoisotopic (exact) mass is 289 g/mol. The fourth-order valence-corrected chi connectivity index (χ4v) is 2.50. The normalized spacial score (nSPS) is 18.6. The van der Waals surface area contributed by atoms with E-state index >= 15 is 0 Å². The van der Waals surface area contributed by atoms with Crippen molar-refractivity contribution in [2.45, 2.75) is 40.0 Å². The van der Waals surface area contributed by atoms with Crippen LogP contribution in [0.2, 0.25) is 0 Å². The number of benzene rings is 1. The van der Waals surface area contributed by atoms with Crippen LogP contribution in [0.3, 0.4) is 0 Å². The van der Waals surface area contributed by atoms with Crippen molar-refractivity contribution in [2.24, 2.45) is 10.4 Å². The minimum atomic E-state index is -0.256. The molecule has 0 aromatic heterocycles. The molecule has 1 aliphatic rings. The Bertz CT molecular complexity index is 630. The third-order valence-electron chi connectivity index (χ3n) is 3.65. The molecular formula is C17H20FNO2. The number of rotatable bonds is 3. The van der Waals surface area contributed by atoms with Gasteiger partial charge in [0.2, 0.25) is 0 Å². The van der Waals surface area contributed by atoms with Crippen molar-refractivity contribution in [1.82, 2.24) is 0 Å². The minimum absolute atomic E-state index is 0.0813. The zero-order chi connectivity index (χ0) is 15.6. The van der Waals surface area contributed by atoms with Crippen LogP contribution < -0.4 is 0 Å². The van der Waals surface area contributed by atoms with E-state index in [1.54, 1.807) is 12.1 Å². The number of hydrogen-bond donors (Lipinski definition) is 1. The molecule has 0 saturated carbocycles. The van der Waals surface area contributed by atoms with Gasteiger partial charge in [0.1, 0.15) is 11.6 Å². The molecule has 0 spiro atoms. The number of aliphatic imine (C=N–C) groups is 1. The smallest absolute Gasteiger partial charge is 0.168 e. The molecule has 3 nitrogen and oxygen atoms in total. The number of carbonyl (C=O) groups is 1. The maximum Gasteiger partial charge on any atom is 0.168 e. The lowest BCUT2D eigenvalue weighted by Crippen LogP contribution is -2.26. The van der Waals surface area contributed by atoms with Gasteiger partial charge < -0.3 is 5.11 Å². The van der Waals surface area contributed by atoms with Crippen molar-refractivity contribution >= 4 is 17.7 Å². The first-order valence-corrected chi connectivity index (χ1v) is 7.10. The second kappa shape index (κ2) is 5.80. The van der Waals surface area contributed by atoms with Crippen molar-refractivity contribution in [3.05, 3.63) is 40.9 Å². The Kier molecular flexibility index (Phi) is 4.26. The van der Waals surface area contributed by atoms with E-state index in [9.17, 15) is 14.3 Å². The second-order valence-corrected chi connectivity index (χ2v) is 6.19. The third-order valence-corrected chi connectivity index (χ3v) is 3.65. The number of hydrogen-bond acceptors (Lipinski definition) is 3. The van der Waals surface area contributed by atoms with Gasteiger partial charge in [-0.2, -0.15) is 0 Å². The van der Waals surface area contributed by atoms with Gasteiger partial charge in [-0.05, 0) is 35.6 Å². The van der Waals surface area contributed by atoms with Gasteiger partial charge in [-0.3, -0.25) is 9.79 Å². The largest absolute Gasteiger partial charge is 0.511 e. The van der Waals surface area contributed by atoms with E-state index in [0.717, 1.165) is 0 Å². The number of ketones is 1. The number of nitrogens with zero attached hydrogens (tertiary/aromatic N) is 1. The summed E-state index contributed by atoms with van der Waals surface area (Å²) in [7, 11) is 0. The summed E-state index contributed by atoms with van der Waals surface area (Å²) >= 11 is 0. The molecule has 0 amide bonds. The lowest BCUT2D eigenvalue weighted by atomic mass is 9.77. The van der Waals surface area contributed by atoms with Crippen LogP contribution in [0.1, 0.15) is 39.2 Å². The predicted octanol–water partition coefficient (Wildman–Crippen LogP) is 4.29. The molecule has 0 radical (unpaired) electrons. The summed E-state index contributed by atoms with van der Waals surface area (Å²) in [5, 5.41) is 10.0. The Labute approximate surface area is 124 Å². The fourth-order valence-electron chi connectivity index (χ4n) is 2.50. The van der Waals surface area contributed by atoms with Gasteiger partial charge in [0.25, 0.3) is 0 Å². The molecule has 1 aliphatic carbocycles. The van der Waals surface area contributed by atoms with Crippen LogP contribution in [-0.4, -0.2) is 17.1 Å². The Hall–Kier alpha value is -1.97. The molecule has 0 atom stereocenters. The first kappa shape index (κ1) is 15.4. The zero-order valence-corrected chi connectivity index (χ0v) is 12.6. The van der Waals surface area contributed by atoms with E-state index in [0.29, 0.717) is 30.5 Å². The SMILES string of the molecule is CCc1cc(N=CC2=C(O)CC(C)(C)CC2=O)ccc1F. The Morgan fingerprint density at radius 2 is 2.10 bits per heavy atom. The molecule has 0 fully saturated rings. The van der Waals surface area contributed by atoms with E-state index in [2.05, 4.69) is 4.99 Å². The number of Topliss-reactive ketones (excluding diaryl/α,β-unsaturated/α-hetero) is 1. The standard InChI is InChI=1S/C17H20FNO2/c1-4-11-7-12(5-6-14(11)18)19-10-13-15(20)8-17(2,3)9-16(13)21/h5-7,10,20H,4,8-9H2,1-3H3. The summed E-state index contributed by atoms with van der Waals surface area (Å²) in [5.41, 5.74) is 1.20. The van der Waals surface area contributed by atoms with E-state index < -0.39 is 0 Å². The van der Waals surface area contributed by atoms with Gasteiger partial charge in [0.15, 0.2) is 5.78 Å². The molecule has 0 unspecified atom stereocenters. The van der Waals surface area contributed by atoms with Gasteiger partial charge in [0, 0.05) is 19.1 Å². The first-order valence-electron chi connectivity index (χ1n) is 7.10. The van der Waals surface area contributed by atoms with Crippen molar-refractivity contribution in [3.63, 3.8) is 0 Å². The summed E-state index contributed by atoms with van der Waals surface area (Å²) in [6, 6.07) is 4.58. The van der Waals surface area contributed by atoms with Gasteiger partial charge in [-0.25, -0.2) is 4.39 Å². The highest BCUT2D eigenvalue weighted by molar-refractivity contribution is 6.14. The van der Waals surface area contributed by atoms with E-state index in [1.807, 2.05) is 20.8 Å². The van der Waals surface area contributed by atoms with E-state index in [-0.39, 0.29) is 28.3 Å². The fraction of sp³-hybridized carbons (Fsp3) is 0.412. The predicted molar refractivity (Wildman–Crippen MR) is 81.6 cm³/mol. The van der Waals surface area contributed by atoms with E-state index in [4.69, 9.17) is 0 Å². The number of aliphatic hydroxyl groups is 1. The number of allylic oxidation sites excluding steroid dienone is 2. The summed E-state index contributed by atoms with van der Waals surface area (Å²) < 4.78 is 13.4. The van der Waals surface area contributed by atoms with Crippen LogP contribution in [0, 0.1) is 11.2 Å². The molecule has 112 valence electrons. The number of carbonyl (C=O) groups excluding carboxylic acids is 1. The van der Waals surface area contributed by atoms with Crippen LogP contribution in [0.15, 0.2) is 34.5 Å². The highest BCUT2D eigenvalue weighted by Gasteiger charge is 2.32. The topological polar surface area (TPSA) is 49.7 Å². The quantitative estimate of drug-likeness (QED) is 0.844. The molecule has 0 aliphatic heterocycles. The van der Waals surface area contributed by atoms with Crippen LogP contribution in [0.25, 0.3) is 0 Å². The molecule has 21 heavy (non-hydrogen) atoms. The number of halogens is 1.